The Balaban J connectivity index is 1.71. The number of rotatable bonds is 5. The van der Waals surface area contributed by atoms with Crippen LogP contribution in [0.2, 0.25) is 0 Å². The van der Waals surface area contributed by atoms with Crippen molar-refractivity contribution in [2.45, 2.75) is 10.9 Å². The lowest BCUT2D eigenvalue weighted by Crippen LogP contribution is -2.00. The highest BCUT2D eigenvalue weighted by Gasteiger charge is 2.18. The molecule has 4 aromatic rings. The summed E-state index contributed by atoms with van der Waals surface area (Å²) >= 11 is 1.23. The molecule has 0 aliphatic rings. The van der Waals surface area contributed by atoms with E-state index in [0.717, 1.165) is 6.07 Å². The molecule has 2 heterocycles. The van der Waals surface area contributed by atoms with Crippen LogP contribution >= 0.6 is 11.8 Å². The molecule has 4 rings (SSSR count). The van der Waals surface area contributed by atoms with Crippen molar-refractivity contribution in [1.82, 2.24) is 14.8 Å². The van der Waals surface area contributed by atoms with Crippen LogP contribution < -0.4 is 0 Å². The van der Waals surface area contributed by atoms with E-state index in [2.05, 4.69) is 10.2 Å². The standard InChI is InChI=1S/C19H12F3N3OS/c20-13-5-7-15(8-6-13)25-18(17-2-1-9-26-17)23-24-19(25)27-11-12-3-4-14(21)10-16(12)22/h1-10H,11H2. The van der Waals surface area contributed by atoms with Crippen LogP contribution in [-0.2, 0) is 5.75 Å². The third kappa shape index (κ3) is 3.61. The first kappa shape index (κ1) is 17.4. The number of halogens is 3. The Hall–Kier alpha value is -3.00. The molecular formula is C19H12F3N3OS. The lowest BCUT2D eigenvalue weighted by atomic mass is 10.2. The average molecular weight is 387 g/mol. The number of benzene rings is 2. The molecule has 0 unspecified atom stereocenters. The predicted octanol–water partition coefficient (Wildman–Crippen LogP) is 5.24. The molecule has 4 nitrogen and oxygen atoms in total. The first-order valence-electron chi connectivity index (χ1n) is 7.94. The molecule has 0 saturated heterocycles. The molecule has 0 fully saturated rings. The van der Waals surface area contributed by atoms with Gasteiger partial charge in [-0.25, -0.2) is 13.2 Å². The second-order valence-corrected chi connectivity index (χ2v) is 6.56. The van der Waals surface area contributed by atoms with Crippen LogP contribution in [0.25, 0.3) is 17.3 Å². The topological polar surface area (TPSA) is 43.9 Å². The van der Waals surface area contributed by atoms with Crippen LogP contribution in [0.3, 0.4) is 0 Å². The summed E-state index contributed by atoms with van der Waals surface area (Å²) in [4.78, 5) is 0. The Labute approximate surface area is 156 Å². The van der Waals surface area contributed by atoms with Crippen LogP contribution in [0.5, 0.6) is 0 Å². The summed E-state index contributed by atoms with van der Waals surface area (Å²) in [7, 11) is 0. The van der Waals surface area contributed by atoms with Crippen molar-refractivity contribution in [2.75, 3.05) is 0 Å². The van der Waals surface area contributed by atoms with E-state index in [1.807, 2.05) is 0 Å². The molecule has 27 heavy (non-hydrogen) atoms. The largest absolute Gasteiger partial charge is 0.461 e. The van der Waals surface area contributed by atoms with Crippen LogP contribution in [0.15, 0.2) is 70.4 Å². The predicted molar refractivity (Wildman–Crippen MR) is 94.9 cm³/mol. The van der Waals surface area contributed by atoms with Gasteiger partial charge in [0, 0.05) is 11.8 Å². The zero-order valence-electron chi connectivity index (χ0n) is 13.8. The number of aromatic nitrogens is 3. The van der Waals surface area contributed by atoms with E-state index in [1.54, 1.807) is 28.8 Å². The van der Waals surface area contributed by atoms with Crippen molar-refractivity contribution in [3.63, 3.8) is 0 Å². The quantitative estimate of drug-likeness (QED) is 0.440. The maximum Gasteiger partial charge on any atom is 0.205 e. The van der Waals surface area contributed by atoms with Gasteiger partial charge in [-0.2, -0.15) is 0 Å². The fourth-order valence-electron chi connectivity index (χ4n) is 2.53. The van der Waals surface area contributed by atoms with Gasteiger partial charge in [0.1, 0.15) is 17.5 Å². The van der Waals surface area contributed by atoms with E-state index in [4.69, 9.17) is 4.42 Å². The second-order valence-electron chi connectivity index (χ2n) is 5.62. The maximum atomic E-state index is 13.9. The summed E-state index contributed by atoms with van der Waals surface area (Å²) in [6.07, 6.45) is 1.51. The van der Waals surface area contributed by atoms with Gasteiger partial charge in [-0.05, 0) is 48.0 Å². The fourth-order valence-corrected chi connectivity index (χ4v) is 3.47. The zero-order chi connectivity index (χ0) is 18.8. The SMILES string of the molecule is Fc1ccc(-n2c(SCc3ccc(F)cc3F)nnc2-c2ccco2)cc1. The molecule has 2 aromatic heterocycles. The van der Waals surface area contributed by atoms with E-state index in [0.29, 0.717) is 28.0 Å². The van der Waals surface area contributed by atoms with E-state index in [1.165, 1.54) is 42.3 Å². The molecule has 0 radical (unpaired) electrons. The molecule has 136 valence electrons. The normalized spacial score (nSPS) is 11.1. The molecule has 0 bridgehead atoms. The lowest BCUT2D eigenvalue weighted by Gasteiger charge is -2.09. The molecule has 0 spiro atoms. The molecule has 0 saturated carbocycles. The highest BCUT2D eigenvalue weighted by molar-refractivity contribution is 7.98. The Morgan fingerprint density at radius 3 is 2.41 bits per heavy atom. The third-order valence-corrected chi connectivity index (χ3v) is 4.81. The highest BCUT2D eigenvalue weighted by Crippen LogP contribution is 2.30. The lowest BCUT2D eigenvalue weighted by molar-refractivity contribution is 0.574. The summed E-state index contributed by atoms with van der Waals surface area (Å²) in [5.74, 6) is -0.462. The van der Waals surface area contributed by atoms with Gasteiger partial charge in [0.25, 0.3) is 0 Å². The van der Waals surface area contributed by atoms with Crippen molar-refractivity contribution in [3.05, 3.63) is 83.9 Å². The van der Waals surface area contributed by atoms with Gasteiger partial charge in [0.05, 0.1) is 12.0 Å². The van der Waals surface area contributed by atoms with Gasteiger partial charge in [0.15, 0.2) is 10.9 Å². The first-order valence-corrected chi connectivity index (χ1v) is 8.92. The highest BCUT2D eigenvalue weighted by atomic mass is 32.2. The Kier molecular flexibility index (Phi) is 4.72. The van der Waals surface area contributed by atoms with E-state index in [-0.39, 0.29) is 11.6 Å². The molecule has 0 aliphatic heterocycles. The van der Waals surface area contributed by atoms with E-state index in [9.17, 15) is 13.2 Å². The van der Waals surface area contributed by atoms with Crippen molar-refractivity contribution < 1.29 is 17.6 Å². The minimum absolute atomic E-state index is 0.226. The molecule has 2 aromatic carbocycles. The second kappa shape index (κ2) is 7.32. The molecule has 0 atom stereocenters. The summed E-state index contributed by atoms with van der Waals surface area (Å²) in [6, 6.07) is 12.7. The number of hydrogen-bond donors (Lipinski definition) is 0. The number of furan rings is 1. The van der Waals surface area contributed by atoms with Crippen LogP contribution in [0, 0.1) is 17.5 Å². The molecule has 0 aliphatic carbocycles. The van der Waals surface area contributed by atoms with Gasteiger partial charge in [-0.3, -0.25) is 4.57 Å². The zero-order valence-corrected chi connectivity index (χ0v) is 14.6. The molecule has 0 amide bonds. The van der Waals surface area contributed by atoms with Crippen LogP contribution in [-0.4, -0.2) is 14.8 Å². The molecule has 0 N–H and O–H groups in total. The van der Waals surface area contributed by atoms with Gasteiger partial charge in [-0.1, -0.05) is 17.8 Å². The number of thioether (sulfide) groups is 1. The average Bonchev–Trinajstić information content (AvgIpc) is 3.31. The van der Waals surface area contributed by atoms with Gasteiger partial charge >= 0.3 is 0 Å². The van der Waals surface area contributed by atoms with Gasteiger partial charge in [0.2, 0.25) is 5.82 Å². The van der Waals surface area contributed by atoms with E-state index < -0.39 is 11.6 Å². The molecular weight excluding hydrogens is 375 g/mol. The monoisotopic (exact) mass is 387 g/mol. The Bertz CT molecular complexity index is 1060. The summed E-state index contributed by atoms with van der Waals surface area (Å²) in [5.41, 5.74) is 0.976. The summed E-state index contributed by atoms with van der Waals surface area (Å²) in [6.45, 7) is 0. The van der Waals surface area contributed by atoms with Crippen LogP contribution in [0.4, 0.5) is 13.2 Å². The minimum Gasteiger partial charge on any atom is -0.461 e. The smallest absolute Gasteiger partial charge is 0.205 e. The van der Waals surface area contributed by atoms with Gasteiger partial charge in [-0.15, -0.1) is 10.2 Å². The minimum atomic E-state index is -0.629. The number of nitrogens with zero attached hydrogens (tertiary/aromatic N) is 3. The van der Waals surface area contributed by atoms with Crippen molar-refractivity contribution in [2.24, 2.45) is 0 Å². The maximum absolute atomic E-state index is 13.9. The summed E-state index contributed by atoms with van der Waals surface area (Å²) < 4.78 is 47.4. The van der Waals surface area contributed by atoms with Crippen molar-refractivity contribution in [1.29, 1.82) is 0 Å². The van der Waals surface area contributed by atoms with Crippen LogP contribution in [0.1, 0.15) is 5.56 Å². The van der Waals surface area contributed by atoms with Gasteiger partial charge < -0.3 is 4.42 Å². The van der Waals surface area contributed by atoms with E-state index >= 15 is 0 Å². The Morgan fingerprint density at radius 1 is 0.926 bits per heavy atom. The Morgan fingerprint density at radius 2 is 1.70 bits per heavy atom. The number of hydrogen-bond acceptors (Lipinski definition) is 4. The molecule has 8 heteroatoms. The van der Waals surface area contributed by atoms with Crippen molar-refractivity contribution >= 4 is 11.8 Å². The summed E-state index contributed by atoms with van der Waals surface area (Å²) in [5, 5.41) is 8.79. The first-order chi connectivity index (χ1) is 13.1. The fraction of sp³-hybridized carbons (Fsp3) is 0.0526. The third-order valence-electron chi connectivity index (χ3n) is 3.83. The van der Waals surface area contributed by atoms with Crippen molar-refractivity contribution in [3.8, 4) is 17.3 Å².